The van der Waals surface area contributed by atoms with Crippen LogP contribution in [0.25, 0.3) is 0 Å². The zero-order valence-electron chi connectivity index (χ0n) is 10.5. The first-order chi connectivity index (χ1) is 7.88. The van der Waals surface area contributed by atoms with Gasteiger partial charge >= 0.3 is 5.97 Å². The number of carbonyl (C=O) groups is 3. The minimum absolute atomic E-state index is 0.170. The highest BCUT2D eigenvalue weighted by atomic mass is 16.5. The van der Waals surface area contributed by atoms with Gasteiger partial charge in [0.25, 0.3) is 0 Å². The lowest BCUT2D eigenvalue weighted by Gasteiger charge is -2.16. The first-order valence-corrected chi connectivity index (χ1v) is 5.61. The fourth-order valence-corrected chi connectivity index (χ4v) is 1.32. The minimum Gasteiger partial charge on any atom is -0.465 e. The second kappa shape index (κ2) is 7.65. The molecule has 0 radical (unpaired) electrons. The second-order valence-electron chi connectivity index (χ2n) is 4.12. The quantitative estimate of drug-likeness (QED) is 0.479. The van der Waals surface area contributed by atoms with Crippen LogP contribution in [0.2, 0.25) is 0 Å². The van der Waals surface area contributed by atoms with Crippen LogP contribution in [-0.4, -0.2) is 30.9 Å². The third-order valence-corrected chi connectivity index (χ3v) is 2.03. The van der Waals surface area contributed by atoms with E-state index < -0.39 is 23.7 Å². The lowest BCUT2D eigenvalue weighted by Crippen LogP contribution is -2.41. The van der Waals surface area contributed by atoms with Gasteiger partial charge in [-0.15, -0.1) is 0 Å². The van der Waals surface area contributed by atoms with Crippen LogP contribution in [0, 0.1) is 11.8 Å². The zero-order chi connectivity index (χ0) is 13.4. The predicted octanol–water partition coefficient (Wildman–Crippen LogP) is -0.187. The monoisotopic (exact) mass is 244 g/mol. The summed E-state index contributed by atoms with van der Waals surface area (Å²) in [7, 11) is 0. The highest BCUT2D eigenvalue weighted by molar-refractivity contribution is 5.98. The van der Waals surface area contributed by atoms with Gasteiger partial charge in [0.05, 0.1) is 13.2 Å². The van der Waals surface area contributed by atoms with Gasteiger partial charge in [0.15, 0.2) is 0 Å². The number of amides is 2. The highest BCUT2D eigenvalue weighted by Crippen LogP contribution is 2.13. The molecule has 0 aromatic carbocycles. The third kappa shape index (κ3) is 6.55. The summed E-state index contributed by atoms with van der Waals surface area (Å²) >= 11 is 0. The Kier molecular flexibility index (Phi) is 6.93. The molecule has 0 saturated heterocycles. The van der Waals surface area contributed by atoms with Crippen molar-refractivity contribution in [2.24, 2.45) is 17.6 Å². The van der Waals surface area contributed by atoms with Gasteiger partial charge in [-0.05, 0) is 19.3 Å². The molecule has 6 heteroatoms. The van der Waals surface area contributed by atoms with Crippen LogP contribution in [-0.2, 0) is 19.1 Å². The maximum atomic E-state index is 11.7. The number of rotatable bonds is 7. The summed E-state index contributed by atoms with van der Waals surface area (Å²) in [5.74, 6) is -2.44. The lowest BCUT2D eigenvalue weighted by atomic mass is 9.96. The smallest absolute Gasteiger partial charge is 0.318 e. The number of ether oxygens (including phenoxy) is 1. The van der Waals surface area contributed by atoms with E-state index in [2.05, 4.69) is 5.32 Å². The molecule has 0 heterocycles. The van der Waals surface area contributed by atoms with Crippen LogP contribution in [0.1, 0.15) is 27.2 Å². The maximum absolute atomic E-state index is 11.7. The molecule has 0 fully saturated rings. The molecular weight excluding hydrogens is 224 g/mol. The maximum Gasteiger partial charge on any atom is 0.318 e. The summed E-state index contributed by atoms with van der Waals surface area (Å²) in [4.78, 5) is 33.8. The van der Waals surface area contributed by atoms with Crippen molar-refractivity contribution in [3.05, 3.63) is 0 Å². The summed E-state index contributed by atoms with van der Waals surface area (Å²) in [6.45, 7) is 5.41. The molecule has 0 saturated carbocycles. The van der Waals surface area contributed by atoms with Crippen molar-refractivity contribution in [3.63, 3.8) is 0 Å². The van der Waals surface area contributed by atoms with E-state index in [9.17, 15) is 14.4 Å². The van der Waals surface area contributed by atoms with Crippen LogP contribution in [0.15, 0.2) is 0 Å². The van der Waals surface area contributed by atoms with Gasteiger partial charge < -0.3 is 15.8 Å². The number of hydrogen-bond acceptors (Lipinski definition) is 4. The number of hydrogen-bond donors (Lipinski definition) is 2. The standard InChI is InChI=1S/C11H20N2O4/c1-4-17-11(16)8(5-7(2)3)10(15)13-6-9(12)14/h7-8H,4-6H2,1-3H3,(H2,12,14)(H,13,15). The second-order valence-corrected chi connectivity index (χ2v) is 4.12. The minimum atomic E-state index is -0.880. The Balaban J connectivity index is 4.49. The van der Waals surface area contributed by atoms with Crippen LogP contribution >= 0.6 is 0 Å². The van der Waals surface area contributed by atoms with E-state index in [0.29, 0.717) is 6.42 Å². The van der Waals surface area contributed by atoms with Crippen LogP contribution in [0.5, 0.6) is 0 Å². The normalized spacial score (nSPS) is 12.0. The van der Waals surface area contributed by atoms with Crippen molar-refractivity contribution >= 4 is 17.8 Å². The number of nitrogens with two attached hydrogens (primary N) is 1. The van der Waals surface area contributed by atoms with Crippen LogP contribution in [0.4, 0.5) is 0 Å². The first-order valence-electron chi connectivity index (χ1n) is 5.61. The van der Waals surface area contributed by atoms with E-state index in [-0.39, 0.29) is 19.1 Å². The van der Waals surface area contributed by atoms with E-state index in [0.717, 1.165) is 0 Å². The molecule has 17 heavy (non-hydrogen) atoms. The highest BCUT2D eigenvalue weighted by Gasteiger charge is 2.28. The molecule has 0 aromatic rings. The largest absolute Gasteiger partial charge is 0.465 e. The van der Waals surface area contributed by atoms with E-state index in [4.69, 9.17) is 10.5 Å². The van der Waals surface area contributed by atoms with Gasteiger partial charge in [0, 0.05) is 0 Å². The third-order valence-electron chi connectivity index (χ3n) is 2.03. The molecule has 0 aliphatic rings. The fourth-order valence-electron chi connectivity index (χ4n) is 1.32. The van der Waals surface area contributed by atoms with Crippen molar-refractivity contribution in [2.45, 2.75) is 27.2 Å². The Hall–Kier alpha value is -1.59. The molecule has 0 aromatic heterocycles. The Morgan fingerprint density at radius 1 is 1.29 bits per heavy atom. The molecule has 0 aliphatic heterocycles. The van der Waals surface area contributed by atoms with Crippen molar-refractivity contribution in [2.75, 3.05) is 13.2 Å². The van der Waals surface area contributed by atoms with E-state index in [1.165, 1.54) is 0 Å². The zero-order valence-corrected chi connectivity index (χ0v) is 10.5. The average Bonchev–Trinajstić information content (AvgIpc) is 2.22. The first kappa shape index (κ1) is 15.4. The molecule has 0 spiro atoms. The number of primary amides is 1. The summed E-state index contributed by atoms with van der Waals surface area (Å²) < 4.78 is 4.82. The van der Waals surface area contributed by atoms with Gasteiger partial charge in [0.2, 0.25) is 11.8 Å². The van der Waals surface area contributed by atoms with Gasteiger partial charge in [-0.25, -0.2) is 0 Å². The van der Waals surface area contributed by atoms with Gasteiger partial charge in [-0.3, -0.25) is 14.4 Å². The Bertz CT molecular complexity index is 289. The average molecular weight is 244 g/mol. The van der Waals surface area contributed by atoms with Crippen molar-refractivity contribution in [1.29, 1.82) is 0 Å². The topological polar surface area (TPSA) is 98.5 Å². The van der Waals surface area contributed by atoms with Crippen LogP contribution in [0.3, 0.4) is 0 Å². The molecule has 2 amide bonds. The van der Waals surface area contributed by atoms with Gasteiger partial charge in [-0.2, -0.15) is 0 Å². The Morgan fingerprint density at radius 3 is 2.29 bits per heavy atom. The van der Waals surface area contributed by atoms with E-state index in [1.807, 2.05) is 13.8 Å². The SMILES string of the molecule is CCOC(=O)C(CC(C)C)C(=O)NCC(N)=O. The Labute approximate surface area is 101 Å². The fraction of sp³-hybridized carbons (Fsp3) is 0.727. The van der Waals surface area contributed by atoms with E-state index >= 15 is 0 Å². The van der Waals surface area contributed by atoms with Gasteiger partial charge in [-0.1, -0.05) is 13.8 Å². The molecule has 0 bridgehead atoms. The number of nitrogens with one attached hydrogen (secondary N) is 1. The lowest BCUT2D eigenvalue weighted by molar-refractivity contribution is -0.153. The van der Waals surface area contributed by atoms with Gasteiger partial charge in [0.1, 0.15) is 5.92 Å². The molecule has 1 atom stereocenters. The molecule has 1 unspecified atom stereocenters. The summed E-state index contributed by atoms with van der Waals surface area (Å²) in [5.41, 5.74) is 4.91. The molecule has 98 valence electrons. The number of esters is 1. The predicted molar refractivity (Wildman–Crippen MR) is 61.8 cm³/mol. The van der Waals surface area contributed by atoms with Crippen molar-refractivity contribution < 1.29 is 19.1 Å². The van der Waals surface area contributed by atoms with E-state index in [1.54, 1.807) is 6.92 Å². The molecule has 0 aliphatic carbocycles. The summed E-state index contributed by atoms with van der Waals surface area (Å²) in [5, 5.41) is 2.31. The van der Waals surface area contributed by atoms with Crippen molar-refractivity contribution in [1.82, 2.24) is 5.32 Å². The molecule has 6 nitrogen and oxygen atoms in total. The Morgan fingerprint density at radius 2 is 1.88 bits per heavy atom. The molecular formula is C11H20N2O4. The van der Waals surface area contributed by atoms with Crippen LogP contribution < -0.4 is 11.1 Å². The molecule has 3 N–H and O–H groups in total. The summed E-state index contributed by atoms with van der Waals surface area (Å²) in [6.07, 6.45) is 0.378. The summed E-state index contributed by atoms with van der Waals surface area (Å²) in [6, 6.07) is 0. The van der Waals surface area contributed by atoms with Crippen molar-refractivity contribution in [3.8, 4) is 0 Å². The molecule has 0 rings (SSSR count). The number of carbonyl (C=O) groups excluding carboxylic acids is 3.